The van der Waals surface area contributed by atoms with E-state index in [9.17, 15) is 14.7 Å². The van der Waals surface area contributed by atoms with Crippen LogP contribution in [0.15, 0.2) is 12.4 Å². The third kappa shape index (κ3) is 5.27. The van der Waals surface area contributed by atoms with Gasteiger partial charge in [0.1, 0.15) is 5.82 Å². The van der Waals surface area contributed by atoms with Crippen LogP contribution in [0.4, 0.5) is 4.79 Å². The van der Waals surface area contributed by atoms with E-state index in [4.69, 9.17) is 5.11 Å². The molecule has 0 aliphatic heterocycles. The summed E-state index contributed by atoms with van der Waals surface area (Å²) in [6.45, 7) is 3.10. The summed E-state index contributed by atoms with van der Waals surface area (Å²) in [5.41, 5.74) is -1.49. The van der Waals surface area contributed by atoms with Gasteiger partial charge >= 0.3 is 12.0 Å². The van der Waals surface area contributed by atoms with Crippen molar-refractivity contribution in [1.82, 2.24) is 20.6 Å². The highest BCUT2D eigenvalue weighted by Crippen LogP contribution is 2.11. The van der Waals surface area contributed by atoms with Crippen molar-refractivity contribution in [3.05, 3.63) is 18.2 Å². The maximum Gasteiger partial charge on any atom is 0.315 e. The largest absolute Gasteiger partial charge is 0.481 e. The van der Waals surface area contributed by atoms with Crippen molar-refractivity contribution in [2.24, 2.45) is 0 Å². The molecular weight excluding hydrogens is 264 g/mol. The summed E-state index contributed by atoms with van der Waals surface area (Å²) < 4.78 is 0. The number of rotatable bonds is 7. The number of carbonyl (C=O) groups is 2. The van der Waals surface area contributed by atoms with Gasteiger partial charge in [-0.05, 0) is 13.3 Å². The highest BCUT2D eigenvalue weighted by Gasteiger charge is 2.25. The molecule has 0 aliphatic rings. The number of amides is 2. The van der Waals surface area contributed by atoms with Crippen molar-refractivity contribution in [3.8, 4) is 0 Å². The lowest BCUT2D eigenvalue weighted by molar-refractivity contribution is -0.141. The molecule has 0 aromatic carbocycles. The van der Waals surface area contributed by atoms with Gasteiger partial charge in [-0.2, -0.15) is 0 Å². The van der Waals surface area contributed by atoms with Gasteiger partial charge in [0.05, 0.1) is 18.1 Å². The van der Waals surface area contributed by atoms with E-state index in [1.54, 1.807) is 12.4 Å². The predicted octanol–water partition coefficient (Wildman–Crippen LogP) is 0.386. The second kappa shape index (κ2) is 6.90. The van der Waals surface area contributed by atoms with Gasteiger partial charge in [-0.1, -0.05) is 6.92 Å². The van der Waals surface area contributed by atoms with E-state index >= 15 is 0 Å². The van der Waals surface area contributed by atoms with Crippen LogP contribution in [0.3, 0.4) is 0 Å². The molecule has 0 radical (unpaired) electrons. The first-order valence-corrected chi connectivity index (χ1v) is 6.32. The summed E-state index contributed by atoms with van der Waals surface area (Å²) in [7, 11) is 0. The normalized spacial score (nSPS) is 15.2. The molecule has 0 fully saturated rings. The number of aliphatic hydroxyl groups is 1. The van der Waals surface area contributed by atoms with Crippen molar-refractivity contribution < 1.29 is 19.8 Å². The van der Waals surface area contributed by atoms with E-state index < -0.39 is 24.0 Å². The molecule has 1 rings (SSSR count). The Morgan fingerprint density at radius 3 is 2.75 bits per heavy atom. The van der Waals surface area contributed by atoms with Crippen LogP contribution >= 0.6 is 0 Å². The van der Waals surface area contributed by atoms with Gasteiger partial charge in [-0.3, -0.25) is 4.79 Å². The Hall–Kier alpha value is -2.09. The lowest BCUT2D eigenvalue weighted by atomic mass is 10.0. The third-order valence-corrected chi connectivity index (χ3v) is 2.72. The van der Waals surface area contributed by atoms with E-state index in [-0.39, 0.29) is 12.6 Å². The number of carbonyl (C=O) groups excluding carboxylic acids is 1. The number of H-pyrrole nitrogens is 1. The minimum atomic E-state index is -1.49. The average molecular weight is 284 g/mol. The Labute approximate surface area is 116 Å². The zero-order valence-corrected chi connectivity index (χ0v) is 11.5. The van der Waals surface area contributed by atoms with Crippen LogP contribution in [0.5, 0.6) is 0 Å². The van der Waals surface area contributed by atoms with Gasteiger partial charge in [0.25, 0.3) is 0 Å². The van der Waals surface area contributed by atoms with E-state index in [1.807, 2.05) is 6.92 Å². The number of carboxylic acid groups (broad SMARTS) is 1. The maximum atomic E-state index is 11.7. The van der Waals surface area contributed by atoms with Gasteiger partial charge in [-0.15, -0.1) is 0 Å². The molecule has 5 N–H and O–H groups in total. The Morgan fingerprint density at radius 2 is 2.25 bits per heavy atom. The molecule has 0 aliphatic carbocycles. The van der Waals surface area contributed by atoms with Gasteiger partial charge in [-0.25, -0.2) is 9.78 Å². The first kappa shape index (κ1) is 16.0. The highest BCUT2D eigenvalue weighted by molar-refractivity contribution is 5.74. The standard InChI is InChI=1S/C12H20N4O4/c1-3-8(10-13-4-5-14-10)16-11(19)15-7-12(2,20)6-9(17)18/h4-5,8,20H,3,6-7H2,1-2H3,(H,13,14)(H,17,18)(H2,15,16,19). The summed E-state index contributed by atoms with van der Waals surface area (Å²) in [6, 6.07) is -0.756. The fourth-order valence-corrected chi connectivity index (χ4v) is 1.70. The number of nitrogens with one attached hydrogen (secondary N) is 3. The molecule has 20 heavy (non-hydrogen) atoms. The van der Waals surface area contributed by atoms with Gasteiger partial charge in [0.15, 0.2) is 0 Å². The van der Waals surface area contributed by atoms with E-state index in [2.05, 4.69) is 20.6 Å². The Bertz CT molecular complexity index is 444. The van der Waals surface area contributed by atoms with Crippen LogP contribution in [0.2, 0.25) is 0 Å². The zero-order valence-electron chi connectivity index (χ0n) is 11.5. The lowest BCUT2D eigenvalue weighted by Crippen LogP contribution is -2.46. The van der Waals surface area contributed by atoms with E-state index in [1.165, 1.54) is 6.92 Å². The molecule has 8 nitrogen and oxygen atoms in total. The molecule has 1 heterocycles. The number of aromatic nitrogens is 2. The molecule has 2 amide bonds. The first-order valence-electron chi connectivity index (χ1n) is 6.32. The molecule has 8 heteroatoms. The number of nitrogens with zero attached hydrogens (tertiary/aromatic N) is 1. The van der Waals surface area contributed by atoms with Crippen LogP contribution in [-0.2, 0) is 4.79 Å². The molecule has 1 aromatic heterocycles. The molecular formula is C12H20N4O4. The summed E-state index contributed by atoms with van der Waals surface area (Å²) in [5.74, 6) is -0.487. The number of hydrogen-bond donors (Lipinski definition) is 5. The van der Waals surface area contributed by atoms with Crippen molar-refractivity contribution in [2.45, 2.75) is 38.3 Å². The van der Waals surface area contributed by atoms with Crippen LogP contribution in [0, 0.1) is 0 Å². The van der Waals surface area contributed by atoms with E-state index in [0.717, 1.165) is 0 Å². The second-order valence-corrected chi connectivity index (χ2v) is 4.83. The molecule has 0 spiro atoms. The van der Waals surface area contributed by atoms with E-state index in [0.29, 0.717) is 12.2 Å². The number of aromatic amines is 1. The number of urea groups is 1. The molecule has 0 bridgehead atoms. The SMILES string of the molecule is CCC(NC(=O)NCC(C)(O)CC(=O)O)c1ncc[nH]1. The monoisotopic (exact) mass is 284 g/mol. The molecule has 0 saturated heterocycles. The van der Waals surface area contributed by atoms with Crippen LogP contribution in [-0.4, -0.2) is 44.3 Å². The van der Waals surface area contributed by atoms with Crippen LogP contribution < -0.4 is 10.6 Å². The Morgan fingerprint density at radius 1 is 1.55 bits per heavy atom. The summed E-state index contributed by atoms with van der Waals surface area (Å²) >= 11 is 0. The summed E-state index contributed by atoms with van der Waals surface area (Å²) in [6.07, 6.45) is 3.46. The molecule has 1 aromatic rings. The first-order chi connectivity index (χ1) is 9.34. The smallest absolute Gasteiger partial charge is 0.315 e. The Balaban J connectivity index is 2.45. The fourth-order valence-electron chi connectivity index (χ4n) is 1.70. The van der Waals surface area contributed by atoms with Gasteiger partial charge in [0.2, 0.25) is 0 Å². The second-order valence-electron chi connectivity index (χ2n) is 4.83. The third-order valence-electron chi connectivity index (χ3n) is 2.72. The number of imidazole rings is 1. The van der Waals surface area contributed by atoms with Crippen LogP contribution in [0.1, 0.15) is 38.6 Å². The summed E-state index contributed by atoms with van der Waals surface area (Å²) in [5, 5.41) is 23.5. The summed E-state index contributed by atoms with van der Waals surface area (Å²) in [4.78, 5) is 29.2. The van der Waals surface area contributed by atoms with Crippen molar-refractivity contribution >= 4 is 12.0 Å². The number of aliphatic carboxylic acids is 1. The highest BCUT2D eigenvalue weighted by atomic mass is 16.4. The van der Waals surface area contributed by atoms with Crippen LogP contribution in [0.25, 0.3) is 0 Å². The number of carboxylic acids is 1. The van der Waals surface area contributed by atoms with Gasteiger partial charge in [0, 0.05) is 18.9 Å². The molecule has 2 atom stereocenters. The average Bonchev–Trinajstić information content (AvgIpc) is 2.85. The minimum Gasteiger partial charge on any atom is -0.481 e. The zero-order chi connectivity index (χ0) is 15.2. The maximum absolute atomic E-state index is 11.7. The van der Waals surface area contributed by atoms with Crippen molar-refractivity contribution in [2.75, 3.05) is 6.54 Å². The number of hydrogen-bond acceptors (Lipinski definition) is 4. The fraction of sp³-hybridized carbons (Fsp3) is 0.583. The molecule has 2 unspecified atom stereocenters. The molecule has 0 saturated carbocycles. The predicted molar refractivity (Wildman–Crippen MR) is 71.0 cm³/mol. The van der Waals surface area contributed by atoms with Crippen molar-refractivity contribution in [1.29, 1.82) is 0 Å². The quantitative estimate of drug-likeness (QED) is 0.495. The Kier molecular flexibility index (Phi) is 5.51. The van der Waals surface area contributed by atoms with Gasteiger partial charge < -0.3 is 25.8 Å². The molecule has 112 valence electrons. The van der Waals surface area contributed by atoms with Crippen molar-refractivity contribution in [3.63, 3.8) is 0 Å². The topological polar surface area (TPSA) is 127 Å². The minimum absolute atomic E-state index is 0.153. The lowest BCUT2D eigenvalue weighted by Gasteiger charge is -2.22.